The molecule has 0 saturated carbocycles. The lowest BCUT2D eigenvalue weighted by atomic mass is 10.2. The van der Waals surface area contributed by atoms with Crippen LogP contribution in [0.2, 0.25) is 5.02 Å². The number of aliphatic imine (C=N–C) groups is 1. The second kappa shape index (κ2) is 12.2. The molecular weight excluding hydrogens is 320 g/mol. The van der Waals surface area contributed by atoms with Crippen LogP contribution in [0.3, 0.4) is 0 Å². The third-order valence-electron chi connectivity index (χ3n) is 4.07. The van der Waals surface area contributed by atoms with Gasteiger partial charge in [0.25, 0.3) is 0 Å². The second-order valence-electron chi connectivity index (χ2n) is 6.04. The maximum atomic E-state index is 5.92. The van der Waals surface area contributed by atoms with Crippen molar-refractivity contribution in [1.82, 2.24) is 15.5 Å². The van der Waals surface area contributed by atoms with Crippen LogP contribution in [-0.2, 0) is 6.54 Å². The van der Waals surface area contributed by atoms with Crippen molar-refractivity contribution < 1.29 is 0 Å². The number of benzene rings is 1. The lowest BCUT2D eigenvalue weighted by Crippen LogP contribution is -2.42. The van der Waals surface area contributed by atoms with Crippen LogP contribution in [0.1, 0.15) is 46.1 Å². The van der Waals surface area contributed by atoms with Crippen LogP contribution in [0.4, 0.5) is 0 Å². The molecule has 0 saturated heterocycles. The number of hydrogen-bond donors (Lipinski definition) is 2. The molecule has 0 bridgehead atoms. The van der Waals surface area contributed by atoms with Gasteiger partial charge in [-0.25, -0.2) is 4.99 Å². The van der Waals surface area contributed by atoms with E-state index in [1.54, 1.807) is 0 Å². The molecule has 1 aromatic rings. The Bertz CT molecular complexity index is 469. The summed E-state index contributed by atoms with van der Waals surface area (Å²) in [5.41, 5.74) is 1.16. The van der Waals surface area contributed by atoms with Crippen molar-refractivity contribution in [2.24, 2.45) is 4.99 Å². The lowest BCUT2D eigenvalue weighted by Gasteiger charge is -2.21. The number of nitrogens with one attached hydrogen (secondary N) is 2. The van der Waals surface area contributed by atoms with Crippen molar-refractivity contribution in [2.45, 2.75) is 53.1 Å². The van der Waals surface area contributed by atoms with Crippen molar-refractivity contribution >= 4 is 17.6 Å². The molecule has 0 aliphatic rings. The zero-order chi connectivity index (χ0) is 17.8. The van der Waals surface area contributed by atoms with Gasteiger partial charge in [0, 0.05) is 17.6 Å². The number of nitrogens with zero attached hydrogens (tertiary/aromatic N) is 2. The average molecular weight is 353 g/mol. The molecule has 24 heavy (non-hydrogen) atoms. The normalized spacial score (nSPS) is 13.2. The third-order valence-corrected chi connectivity index (χ3v) is 4.32. The van der Waals surface area contributed by atoms with Crippen LogP contribution < -0.4 is 10.6 Å². The van der Waals surface area contributed by atoms with Gasteiger partial charge in [-0.15, -0.1) is 0 Å². The summed E-state index contributed by atoms with van der Waals surface area (Å²) in [5, 5.41) is 7.58. The standard InChI is InChI=1S/C19H33ClN4/c1-5-21-19(22-15-17-10-12-18(20)13-11-17)23-16(4)9-8-14-24(6-2)7-3/h10-13,16H,5-9,14-15H2,1-4H3,(H2,21,22,23). The molecule has 1 unspecified atom stereocenters. The first-order valence-electron chi connectivity index (χ1n) is 9.10. The smallest absolute Gasteiger partial charge is 0.191 e. The molecule has 136 valence electrons. The molecule has 4 nitrogen and oxygen atoms in total. The molecule has 0 heterocycles. The van der Waals surface area contributed by atoms with Crippen molar-refractivity contribution in [1.29, 1.82) is 0 Å². The van der Waals surface area contributed by atoms with Crippen LogP contribution in [0.5, 0.6) is 0 Å². The summed E-state index contributed by atoms with van der Waals surface area (Å²) in [5.74, 6) is 0.878. The van der Waals surface area contributed by atoms with Gasteiger partial charge >= 0.3 is 0 Å². The molecule has 1 aromatic carbocycles. The zero-order valence-electron chi connectivity index (χ0n) is 15.6. The molecule has 1 rings (SSSR count). The molecule has 0 aliphatic heterocycles. The Morgan fingerprint density at radius 1 is 1.17 bits per heavy atom. The molecular formula is C19H33ClN4. The van der Waals surface area contributed by atoms with Gasteiger partial charge in [0.05, 0.1) is 6.54 Å². The van der Waals surface area contributed by atoms with Gasteiger partial charge in [-0.3, -0.25) is 0 Å². The van der Waals surface area contributed by atoms with Crippen LogP contribution in [-0.4, -0.2) is 43.1 Å². The maximum absolute atomic E-state index is 5.92. The molecule has 0 spiro atoms. The third kappa shape index (κ3) is 8.55. The topological polar surface area (TPSA) is 39.7 Å². The predicted octanol–water partition coefficient (Wildman–Crippen LogP) is 3.91. The number of guanidine groups is 1. The summed E-state index contributed by atoms with van der Waals surface area (Å²) in [6, 6.07) is 8.25. The van der Waals surface area contributed by atoms with E-state index in [2.05, 4.69) is 48.2 Å². The summed E-state index contributed by atoms with van der Waals surface area (Å²) in [6.45, 7) is 13.7. The molecule has 0 aliphatic carbocycles. The van der Waals surface area contributed by atoms with Gasteiger partial charge in [0.2, 0.25) is 0 Å². The first-order chi connectivity index (χ1) is 11.6. The van der Waals surface area contributed by atoms with E-state index >= 15 is 0 Å². The molecule has 0 amide bonds. The highest BCUT2D eigenvalue weighted by Gasteiger charge is 2.06. The second-order valence-corrected chi connectivity index (χ2v) is 6.47. The van der Waals surface area contributed by atoms with E-state index in [0.717, 1.165) is 49.1 Å². The predicted molar refractivity (Wildman–Crippen MR) is 106 cm³/mol. The minimum atomic E-state index is 0.406. The first-order valence-corrected chi connectivity index (χ1v) is 9.48. The number of halogens is 1. The summed E-state index contributed by atoms with van der Waals surface area (Å²) >= 11 is 5.92. The van der Waals surface area contributed by atoms with E-state index in [1.165, 1.54) is 6.42 Å². The fourth-order valence-electron chi connectivity index (χ4n) is 2.55. The van der Waals surface area contributed by atoms with Gasteiger partial charge in [-0.05, 0) is 64.0 Å². The van der Waals surface area contributed by atoms with E-state index < -0.39 is 0 Å². The molecule has 0 fully saturated rings. The zero-order valence-corrected chi connectivity index (χ0v) is 16.4. The van der Waals surface area contributed by atoms with Gasteiger partial charge in [-0.2, -0.15) is 0 Å². The van der Waals surface area contributed by atoms with Crippen molar-refractivity contribution in [2.75, 3.05) is 26.2 Å². The Morgan fingerprint density at radius 2 is 1.83 bits per heavy atom. The van der Waals surface area contributed by atoms with Gasteiger partial charge in [0.1, 0.15) is 0 Å². The van der Waals surface area contributed by atoms with E-state index in [9.17, 15) is 0 Å². The van der Waals surface area contributed by atoms with E-state index in [0.29, 0.717) is 12.6 Å². The lowest BCUT2D eigenvalue weighted by molar-refractivity contribution is 0.292. The van der Waals surface area contributed by atoms with E-state index in [4.69, 9.17) is 11.6 Å². The Balaban J connectivity index is 2.45. The SMILES string of the molecule is CCNC(=NCc1ccc(Cl)cc1)NC(C)CCCN(CC)CC. The fourth-order valence-corrected chi connectivity index (χ4v) is 2.67. The summed E-state index contributed by atoms with van der Waals surface area (Å²) in [6.07, 6.45) is 2.34. The largest absolute Gasteiger partial charge is 0.357 e. The highest BCUT2D eigenvalue weighted by Crippen LogP contribution is 2.10. The van der Waals surface area contributed by atoms with E-state index in [1.807, 2.05) is 24.3 Å². The number of rotatable bonds is 10. The summed E-state index contributed by atoms with van der Waals surface area (Å²) < 4.78 is 0. The number of hydrogen-bond acceptors (Lipinski definition) is 2. The van der Waals surface area contributed by atoms with Crippen molar-refractivity contribution in [3.05, 3.63) is 34.9 Å². The molecule has 2 N–H and O–H groups in total. The van der Waals surface area contributed by atoms with Gasteiger partial charge in [0.15, 0.2) is 5.96 Å². The summed E-state index contributed by atoms with van der Waals surface area (Å²) in [4.78, 5) is 7.13. The summed E-state index contributed by atoms with van der Waals surface area (Å²) in [7, 11) is 0. The molecule has 0 radical (unpaired) electrons. The van der Waals surface area contributed by atoms with E-state index in [-0.39, 0.29) is 0 Å². The maximum Gasteiger partial charge on any atom is 0.191 e. The van der Waals surface area contributed by atoms with Crippen molar-refractivity contribution in [3.63, 3.8) is 0 Å². The van der Waals surface area contributed by atoms with Crippen LogP contribution >= 0.6 is 11.6 Å². The quantitative estimate of drug-likeness (QED) is 0.495. The van der Waals surface area contributed by atoms with Crippen LogP contribution in [0.15, 0.2) is 29.3 Å². The van der Waals surface area contributed by atoms with Crippen LogP contribution in [0.25, 0.3) is 0 Å². The Labute approximate surface area is 152 Å². The highest BCUT2D eigenvalue weighted by atomic mass is 35.5. The van der Waals surface area contributed by atoms with Crippen LogP contribution in [0, 0.1) is 0 Å². The first kappa shape index (κ1) is 20.8. The van der Waals surface area contributed by atoms with Gasteiger partial charge in [-0.1, -0.05) is 37.6 Å². The van der Waals surface area contributed by atoms with Crippen molar-refractivity contribution in [3.8, 4) is 0 Å². The molecule has 5 heteroatoms. The van der Waals surface area contributed by atoms with Gasteiger partial charge < -0.3 is 15.5 Å². The minimum absolute atomic E-state index is 0.406. The molecule has 1 atom stereocenters. The Morgan fingerprint density at radius 3 is 2.42 bits per heavy atom. The molecule has 0 aromatic heterocycles. The minimum Gasteiger partial charge on any atom is -0.357 e. The fraction of sp³-hybridized carbons (Fsp3) is 0.632. The monoisotopic (exact) mass is 352 g/mol. The Hall–Kier alpha value is -1.26. The highest BCUT2D eigenvalue weighted by molar-refractivity contribution is 6.30. The Kier molecular flexibility index (Phi) is 10.5. The average Bonchev–Trinajstić information content (AvgIpc) is 2.58.